The first-order valence-corrected chi connectivity index (χ1v) is 6.68. The molecule has 9 nitrogen and oxygen atoms in total. The second kappa shape index (κ2) is 11.6. The second-order valence-electron chi connectivity index (χ2n) is 4.55. The van der Waals surface area contributed by atoms with Crippen molar-refractivity contribution >= 4 is 23.9 Å². The van der Waals surface area contributed by atoms with Gasteiger partial charge in [-0.25, -0.2) is 4.79 Å². The zero-order chi connectivity index (χ0) is 17.8. The van der Waals surface area contributed by atoms with Crippen LogP contribution in [0.5, 0.6) is 0 Å². The summed E-state index contributed by atoms with van der Waals surface area (Å²) in [5.74, 6) is -5.76. The molecule has 0 saturated carbocycles. The summed E-state index contributed by atoms with van der Waals surface area (Å²) in [6.07, 6.45) is 1.47. The Morgan fingerprint density at radius 1 is 1.09 bits per heavy atom. The molecule has 0 aliphatic rings. The van der Waals surface area contributed by atoms with Crippen LogP contribution >= 0.6 is 0 Å². The summed E-state index contributed by atoms with van der Waals surface area (Å²) < 4.78 is 3.98. The van der Waals surface area contributed by atoms with Crippen molar-refractivity contribution in [2.45, 2.75) is 51.6 Å². The highest BCUT2D eigenvalue weighted by Crippen LogP contribution is 2.16. The molecule has 0 rings (SSSR count). The summed E-state index contributed by atoms with van der Waals surface area (Å²) in [7, 11) is 0. The van der Waals surface area contributed by atoms with Crippen LogP contribution in [0.15, 0.2) is 0 Å². The Morgan fingerprint density at radius 2 is 1.64 bits per heavy atom. The third kappa shape index (κ3) is 11.8. The highest BCUT2D eigenvalue weighted by Gasteiger charge is 2.41. The molecule has 0 spiro atoms. The molecule has 0 aliphatic heterocycles. The molecular weight excluding hydrogens is 298 g/mol. The van der Waals surface area contributed by atoms with Gasteiger partial charge < -0.3 is 25.8 Å². The standard InChI is InChI=1S/C8H10O8.C5H13N/c1-4(9)16-6(12)3-8(15,7(13)14)2-5(10)11;1-2-3-4-5-6/h15H,2-3H2,1H3,(H,10,11)(H,13,14);2-6H2,1H3. The van der Waals surface area contributed by atoms with Gasteiger partial charge in [0.2, 0.25) is 0 Å². The van der Waals surface area contributed by atoms with Crippen LogP contribution in [0.3, 0.4) is 0 Å². The minimum Gasteiger partial charge on any atom is -0.481 e. The lowest BCUT2D eigenvalue weighted by atomic mass is 9.96. The summed E-state index contributed by atoms with van der Waals surface area (Å²) in [5, 5.41) is 26.3. The SMILES string of the molecule is CC(=O)OC(=O)CC(O)(CC(=O)O)C(=O)O.CCCCCN. The maximum Gasteiger partial charge on any atom is 0.336 e. The molecule has 0 heterocycles. The van der Waals surface area contributed by atoms with Crippen LogP contribution < -0.4 is 5.73 Å². The minimum atomic E-state index is -2.78. The first-order valence-electron chi connectivity index (χ1n) is 6.68. The molecule has 0 amide bonds. The monoisotopic (exact) mass is 321 g/mol. The zero-order valence-electron chi connectivity index (χ0n) is 12.7. The fraction of sp³-hybridized carbons (Fsp3) is 0.692. The number of hydrogen-bond donors (Lipinski definition) is 4. The highest BCUT2D eigenvalue weighted by molar-refractivity contribution is 5.91. The Hall–Kier alpha value is -2.00. The summed E-state index contributed by atoms with van der Waals surface area (Å²) in [6.45, 7) is 3.94. The highest BCUT2D eigenvalue weighted by atomic mass is 16.6. The largest absolute Gasteiger partial charge is 0.481 e. The Bertz CT molecular complexity index is 392. The van der Waals surface area contributed by atoms with E-state index in [1.54, 1.807) is 0 Å². The van der Waals surface area contributed by atoms with Crippen LogP contribution in [-0.2, 0) is 23.9 Å². The van der Waals surface area contributed by atoms with Crippen molar-refractivity contribution in [3.05, 3.63) is 0 Å². The van der Waals surface area contributed by atoms with Crippen LogP contribution in [0.25, 0.3) is 0 Å². The molecule has 0 aromatic rings. The number of nitrogens with two attached hydrogens (primary N) is 1. The summed E-state index contributed by atoms with van der Waals surface area (Å²) in [6, 6.07) is 0. The second-order valence-corrected chi connectivity index (χ2v) is 4.55. The van der Waals surface area contributed by atoms with Crippen molar-refractivity contribution in [2.24, 2.45) is 5.73 Å². The van der Waals surface area contributed by atoms with E-state index in [0.717, 1.165) is 13.5 Å². The topological polar surface area (TPSA) is 164 Å². The zero-order valence-corrected chi connectivity index (χ0v) is 12.7. The summed E-state index contributed by atoms with van der Waals surface area (Å²) in [4.78, 5) is 42.1. The minimum absolute atomic E-state index is 0.855. The van der Waals surface area contributed by atoms with Gasteiger partial charge in [0.1, 0.15) is 0 Å². The van der Waals surface area contributed by atoms with Gasteiger partial charge in [0.05, 0.1) is 12.8 Å². The van der Waals surface area contributed by atoms with E-state index in [4.69, 9.17) is 15.9 Å². The molecule has 22 heavy (non-hydrogen) atoms. The predicted octanol–water partition coefficient (Wildman–Crippen LogP) is -0.108. The fourth-order valence-corrected chi connectivity index (χ4v) is 1.29. The molecular formula is C13H23NO8. The third-order valence-corrected chi connectivity index (χ3v) is 2.34. The third-order valence-electron chi connectivity index (χ3n) is 2.34. The number of carboxylic acids is 2. The predicted molar refractivity (Wildman–Crippen MR) is 74.8 cm³/mol. The number of esters is 2. The van der Waals surface area contributed by atoms with Gasteiger partial charge >= 0.3 is 23.9 Å². The first-order chi connectivity index (χ1) is 10.1. The molecule has 0 aliphatic carbocycles. The van der Waals surface area contributed by atoms with E-state index in [1.165, 1.54) is 19.3 Å². The number of ether oxygens (including phenoxy) is 1. The smallest absolute Gasteiger partial charge is 0.336 e. The number of unbranched alkanes of at least 4 members (excludes halogenated alkanes) is 2. The lowest BCUT2D eigenvalue weighted by molar-refractivity contribution is -0.174. The van der Waals surface area contributed by atoms with E-state index < -0.39 is 42.3 Å². The van der Waals surface area contributed by atoms with Crippen molar-refractivity contribution in [3.63, 3.8) is 0 Å². The molecule has 0 aromatic carbocycles. The van der Waals surface area contributed by atoms with Crippen LogP contribution in [0, 0.1) is 0 Å². The van der Waals surface area contributed by atoms with Crippen LogP contribution in [-0.4, -0.2) is 51.3 Å². The quantitative estimate of drug-likeness (QED) is 0.271. The van der Waals surface area contributed by atoms with Crippen molar-refractivity contribution in [1.29, 1.82) is 0 Å². The van der Waals surface area contributed by atoms with Gasteiger partial charge in [-0.15, -0.1) is 0 Å². The molecule has 0 aromatic heterocycles. The number of carbonyl (C=O) groups excluding carboxylic acids is 2. The summed E-state index contributed by atoms with van der Waals surface area (Å²) >= 11 is 0. The molecule has 0 radical (unpaired) electrons. The normalized spacial score (nSPS) is 12.4. The van der Waals surface area contributed by atoms with Crippen LogP contribution in [0.2, 0.25) is 0 Å². The van der Waals surface area contributed by atoms with E-state index in [2.05, 4.69) is 11.7 Å². The van der Waals surface area contributed by atoms with Gasteiger partial charge in [-0.05, 0) is 13.0 Å². The molecule has 0 saturated heterocycles. The average molecular weight is 321 g/mol. The number of aliphatic hydroxyl groups is 1. The van der Waals surface area contributed by atoms with Gasteiger partial charge in [-0.2, -0.15) is 0 Å². The van der Waals surface area contributed by atoms with E-state index in [-0.39, 0.29) is 0 Å². The number of carboxylic acid groups (broad SMARTS) is 2. The molecule has 0 fully saturated rings. The van der Waals surface area contributed by atoms with Gasteiger partial charge in [0, 0.05) is 6.92 Å². The van der Waals surface area contributed by atoms with Crippen molar-refractivity contribution < 1.29 is 39.2 Å². The molecule has 1 atom stereocenters. The fourth-order valence-electron chi connectivity index (χ4n) is 1.29. The van der Waals surface area contributed by atoms with E-state index >= 15 is 0 Å². The number of rotatable bonds is 8. The lowest BCUT2D eigenvalue weighted by Crippen LogP contribution is -2.43. The van der Waals surface area contributed by atoms with E-state index in [1.807, 2.05) is 0 Å². The lowest BCUT2D eigenvalue weighted by Gasteiger charge is -2.19. The Balaban J connectivity index is 0. The average Bonchev–Trinajstić information content (AvgIpc) is 2.34. The van der Waals surface area contributed by atoms with Gasteiger partial charge in [0.15, 0.2) is 5.60 Å². The number of hydrogen-bond acceptors (Lipinski definition) is 7. The maximum absolute atomic E-state index is 10.9. The van der Waals surface area contributed by atoms with Gasteiger partial charge in [-0.1, -0.05) is 19.8 Å². The molecule has 0 bridgehead atoms. The van der Waals surface area contributed by atoms with Crippen LogP contribution in [0.1, 0.15) is 46.0 Å². The maximum atomic E-state index is 10.9. The number of aliphatic carboxylic acids is 2. The van der Waals surface area contributed by atoms with E-state index in [0.29, 0.717) is 0 Å². The molecule has 128 valence electrons. The Morgan fingerprint density at radius 3 is 1.91 bits per heavy atom. The summed E-state index contributed by atoms with van der Waals surface area (Å²) in [5.41, 5.74) is 2.44. The Kier molecular flexibility index (Phi) is 11.8. The Labute approximate surface area is 128 Å². The van der Waals surface area contributed by atoms with Gasteiger partial charge in [0.25, 0.3) is 0 Å². The van der Waals surface area contributed by atoms with Gasteiger partial charge in [-0.3, -0.25) is 14.4 Å². The van der Waals surface area contributed by atoms with Crippen molar-refractivity contribution in [3.8, 4) is 0 Å². The van der Waals surface area contributed by atoms with E-state index in [9.17, 15) is 24.3 Å². The first kappa shape index (κ1) is 22.3. The van der Waals surface area contributed by atoms with Crippen LogP contribution in [0.4, 0.5) is 0 Å². The number of carbonyl (C=O) groups is 4. The van der Waals surface area contributed by atoms with Crippen molar-refractivity contribution in [1.82, 2.24) is 0 Å². The van der Waals surface area contributed by atoms with Crippen molar-refractivity contribution in [2.75, 3.05) is 6.54 Å². The molecule has 1 unspecified atom stereocenters. The molecule has 5 N–H and O–H groups in total. The molecule has 9 heteroatoms.